The molecular weight excluding hydrogens is 326 g/mol. The molecule has 0 spiro atoms. The number of amides is 1. The molecule has 6 nitrogen and oxygen atoms in total. The van der Waals surface area contributed by atoms with E-state index in [2.05, 4.69) is 4.72 Å². The van der Waals surface area contributed by atoms with Crippen LogP contribution in [0.1, 0.15) is 38.2 Å². The molecule has 2 atom stereocenters. The predicted octanol–water partition coefficient (Wildman–Crippen LogP) is 1.39. The van der Waals surface area contributed by atoms with Crippen molar-refractivity contribution in [3.63, 3.8) is 0 Å². The number of anilines is 1. The maximum atomic E-state index is 12.8. The summed E-state index contributed by atoms with van der Waals surface area (Å²) in [6, 6.07) is 4.96. The summed E-state index contributed by atoms with van der Waals surface area (Å²) >= 11 is 0. The zero-order chi connectivity index (χ0) is 17.3. The topological polar surface area (TPSA) is 92.5 Å². The number of nitrogens with two attached hydrogens (primary N) is 1. The minimum absolute atomic E-state index is 0.0632. The van der Waals surface area contributed by atoms with Crippen LogP contribution >= 0.6 is 0 Å². The number of hydrogen-bond acceptors (Lipinski definition) is 4. The van der Waals surface area contributed by atoms with E-state index in [4.69, 9.17) is 5.73 Å². The summed E-state index contributed by atoms with van der Waals surface area (Å²) in [5.41, 5.74) is 7.53. The lowest BCUT2D eigenvalue weighted by Crippen LogP contribution is -2.44. The van der Waals surface area contributed by atoms with Crippen molar-refractivity contribution in [1.29, 1.82) is 0 Å². The van der Waals surface area contributed by atoms with Crippen molar-refractivity contribution in [3.8, 4) is 0 Å². The number of sulfonamides is 1. The van der Waals surface area contributed by atoms with Crippen LogP contribution in [0.5, 0.6) is 0 Å². The van der Waals surface area contributed by atoms with Crippen molar-refractivity contribution < 1.29 is 13.2 Å². The first-order valence-electron chi connectivity index (χ1n) is 8.56. The highest BCUT2D eigenvalue weighted by Crippen LogP contribution is 2.31. The highest BCUT2D eigenvalue weighted by molar-refractivity contribution is 7.89. The van der Waals surface area contributed by atoms with Gasteiger partial charge in [0.2, 0.25) is 15.9 Å². The molecule has 3 N–H and O–H groups in total. The van der Waals surface area contributed by atoms with Crippen molar-refractivity contribution in [1.82, 2.24) is 4.72 Å². The van der Waals surface area contributed by atoms with Gasteiger partial charge in [0.15, 0.2) is 0 Å². The number of benzene rings is 1. The molecule has 1 aromatic rings. The van der Waals surface area contributed by atoms with Gasteiger partial charge in [-0.05, 0) is 49.4 Å². The first kappa shape index (κ1) is 17.4. The zero-order valence-corrected chi connectivity index (χ0v) is 14.8. The van der Waals surface area contributed by atoms with Gasteiger partial charge in [0.05, 0.1) is 4.90 Å². The second kappa shape index (κ2) is 6.82. The van der Waals surface area contributed by atoms with Crippen LogP contribution in [0.25, 0.3) is 0 Å². The summed E-state index contributed by atoms with van der Waals surface area (Å²) in [4.78, 5) is 13.6. The molecule has 0 bridgehead atoms. The predicted molar refractivity (Wildman–Crippen MR) is 93.3 cm³/mol. The lowest BCUT2D eigenvalue weighted by molar-refractivity contribution is -0.116. The van der Waals surface area contributed by atoms with E-state index in [1.54, 1.807) is 17.0 Å². The van der Waals surface area contributed by atoms with Crippen LogP contribution in [0.3, 0.4) is 0 Å². The standard InChI is InChI=1S/C17H25N3O3S/c1-12(21)20-9-8-13-6-7-15(10-17(13)20)24(22,23)19-16-5-3-2-4-14(16)11-18/h6-7,10,14,16,19H,2-5,8-9,11,18H2,1H3/t14-,16+/m0/s1. The van der Waals surface area contributed by atoms with Crippen molar-refractivity contribution in [3.05, 3.63) is 23.8 Å². The highest BCUT2D eigenvalue weighted by Gasteiger charge is 2.30. The fourth-order valence-corrected chi connectivity index (χ4v) is 5.12. The fourth-order valence-electron chi connectivity index (χ4n) is 3.77. The van der Waals surface area contributed by atoms with Gasteiger partial charge in [0, 0.05) is 25.2 Å². The molecule has 1 aliphatic carbocycles. The Morgan fingerprint density at radius 3 is 2.79 bits per heavy atom. The summed E-state index contributed by atoms with van der Waals surface area (Å²) in [7, 11) is -3.62. The SMILES string of the molecule is CC(=O)N1CCc2ccc(S(=O)(=O)N[C@@H]3CCCC[C@H]3CN)cc21. The van der Waals surface area contributed by atoms with Crippen LogP contribution < -0.4 is 15.4 Å². The van der Waals surface area contributed by atoms with Crippen molar-refractivity contribution in [2.75, 3.05) is 18.0 Å². The summed E-state index contributed by atoms with van der Waals surface area (Å²) < 4.78 is 28.4. The van der Waals surface area contributed by atoms with Gasteiger partial charge in [-0.3, -0.25) is 4.79 Å². The number of rotatable bonds is 4. The maximum absolute atomic E-state index is 12.8. The third-order valence-corrected chi connectivity index (χ3v) is 6.65. The first-order valence-corrected chi connectivity index (χ1v) is 10.0. The Kier molecular flexibility index (Phi) is 4.94. The largest absolute Gasteiger partial charge is 0.330 e. The zero-order valence-electron chi connectivity index (χ0n) is 14.0. The van der Waals surface area contributed by atoms with E-state index in [9.17, 15) is 13.2 Å². The molecule has 0 aromatic heterocycles. The molecule has 1 aliphatic heterocycles. The Labute approximate surface area is 143 Å². The van der Waals surface area contributed by atoms with Gasteiger partial charge in [-0.1, -0.05) is 18.9 Å². The molecule has 1 saturated carbocycles. The average molecular weight is 351 g/mol. The van der Waals surface area contributed by atoms with Crippen molar-refractivity contribution >= 4 is 21.6 Å². The van der Waals surface area contributed by atoms with Gasteiger partial charge in [0.1, 0.15) is 0 Å². The Morgan fingerprint density at radius 1 is 1.33 bits per heavy atom. The molecule has 24 heavy (non-hydrogen) atoms. The van der Waals surface area contributed by atoms with Crippen molar-refractivity contribution in [2.24, 2.45) is 11.7 Å². The molecule has 3 rings (SSSR count). The average Bonchev–Trinajstić information content (AvgIpc) is 2.98. The summed E-state index contributed by atoms with van der Waals surface area (Å²) in [6.45, 7) is 2.61. The number of hydrogen-bond donors (Lipinski definition) is 2. The van der Waals surface area contributed by atoms with E-state index in [-0.39, 0.29) is 22.8 Å². The summed E-state index contributed by atoms with van der Waals surface area (Å²) in [6.07, 6.45) is 4.68. The molecule has 0 unspecified atom stereocenters. The van der Waals surface area contributed by atoms with Crippen LogP contribution in [0.15, 0.2) is 23.1 Å². The van der Waals surface area contributed by atoms with Gasteiger partial charge < -0.3 is 10.6 Å². The lowest BCUT2D eigenvalue weighted by atomic mass is 9.85. The quantitative estimate of drug-likeness (QED) is 0.857. The van der Waals surface area contributed by atoms with E-state index < -0.39 is 10.0 Å². The van der Waals surface area contributed by atoms with Gasteiger partial charge in [-0.25, -0.2) is 13.1 Å². The van der Waals surface area contributed by atoms with Crippen molar-refractivity contribution in [2.45, 2.75) is 50.0 Å². The number of fused-ring (bicyclic) bond motifs is 1. The van der Waals surface area contributed by atoms with Crippen LogP contribution in [0, 0.1) is 5.92 Å². The van der Waals surface area contributed by atoms with Crippen LogP contribution in [-0.4, -0.2) is 33.5 Å². The molecule has 1 fully saturated rings. The fraction of sp³-hybridized carbons (Fsp3) is 0.588. The van der Waals surface area contributed by atoms with E-state index in [1.165, 1.54) is 6.92 Å². The Balaban J connectivity index is 1.85. The minimum atomic E-state index is -3.62. The monoisotopic (exact) mass is 351 g/mol. The molecule has 1 aromatic carbocycles. The molecule has 0 saturated heterocycles. The Hall–Kier alpha value is -1.44. The summed E-state index contributed by atoms with van der Waals surface area (Å²) in [5, 5.41) is 0. The number of carbonyl (C=O) groups excluding carboxylic acids is 1. The Morgan fingerprint density at radius 2 is 2.08 bits per heavy atom. The molecule has 1 heterocycles. The highest BCUT2D eigenvalue weighted by atomic mass is 32.2. The molecule has 2 aliphatic rings. The molecular formula is C17H25N3O3S. The number of nitrogens with zero attached hydrogens (tertiary/aromatic N) is 1. The molecule has 0 radical (unpaired) electrons. The number of nitrogens with one attached hydrogen (secondary N) is 1. The minimum Gasteiger partial charge on any atom is -0.330 e. The van der Waals surface area contributed by atoms with E-state index in [0.29, 0.717) is 18.8 Å². The van der Waals surface area contributed by atoms with Gasteiger partial charge in [0.25, 0.3) is 0 Å². The summed E-state index contributed by atoms with van der Waals surface area (Å²) in [5.74, 6) is 0.128. The van der Waals surface area contributed by atoms with E-state index in [0.717, 1.165) is 37.7 Å². The van der Waals surface area contributed by atoms with Crippen LogP contribution in [0.4, 0.5) is 5.69 Å². The van der Waals surface area contributed by atoms with Crippen LogP contribution in [0.2, 0.25) is 0 Å². The van der Waals surface area contributed by atoms with E-state index >= 15 is 0 Å². The molecule has 7 heteroatoms. The third-order valence-electron chi connectivity index (χ3n) is 5.16. The molecule has 132 valence electrons. The smallest absolute Gasteiger partial charge is 0.240 e. The maximum Gasteiger partial charge on any atom is 0.240 e. The van der Waals surface area contributed by atoms with E-state index in [1.807, 2.05) is 6.07 Å². The van der Waals surface area contributed by atoms with Gasteiger partial charge in [-0.15, -0.1) is 0 Å². The third kappa shape index (κ3) is 3.34. The number of carbonyl (C=O) groups is 1. The normalized spacial score (nSPS) is 24.0. The second-order valence-corrected chi connectivity index (χ2v) is 8.43. The lowest BCUT2D eigenvalue weighted by Gasteiger charge is -2.31. The molecule has 1 amide bonds. The second-order valence-electron chi connectivity index (χ2n) is 6.72. The van der Waals surface area contributed by atoms with Gasteiger partial charge >= 0.3 is 0 Å². The van der Waals surface area contributed by atoms with Gasteiger partial charge in [-0.2, -0.15) is 0 Å². The first-order chi connectivity index (χ1) is 11.4. The van der Waals surface area contributed by atoms with Crippen LogP contribution in [-0.2, 0) is 21.2 Å². The Bertz CT molecular complexity index is 733.